The number of hydrogen-bond acceptors (Lipinski definition) is 4. The second-order valence-electron chi connectivity index (χ2n) is 5.64. The minimum atomic E-state index is -4.73. The first kappa shape index (κ1) is 19.4. The van der Waals surface area contributed by atoms with Gasteiger partial charge in [-0.1, -0.05) is 13.0 Å². The van der Waals surface area contributed by atoms with Gasteiger partial charge in [0.25, 0.3) is 0 Å². The molecule has 1 aromatic carbocycles. The summed E-state index contributed by atoms with van der Waals surface area (Å²) in [6.07, 6.45) is -8.59. The molecule has 1 aliphatic rings. The van der Waals surface area contributed by atoms with Crippen LogP contribution in [0.2, 0.25) is 0 Å². The van der Waals surface area contributed by atoms with E-state index < -0.39 is 53.6 Å². The summed E-state index contributed by atoms with van der Waals surface area (Å²) in [5.74, 6) is -6.57. The van der Waals surface area contributed by atoms with E-state index in [1.807, 2.05) is 0 Å². The number of hydrogen-bond donors (Lipinski definition) is 0. The SMILES string of the molecule is CCOC(=O)C1O[C@@H](C(F)(F)F)[C@@H](C)[C@H]1c1ccc(F)c(F)c1OC. The first-order valence-corrected chi connectivity index (χ1v) is 7.54. The zero-order valence-corrected chi connectivity index (χ0v) is 13.7. The fourth-order valence-electron chi connectivity index (χ4n) is 3.10. The summed E-state index contributed by atoms with van der Waals surface area (Å²) in [6, 6.07) is 1.86. The number of alkyl halides is 3. The average Bonchev–Trinajstić information content (AvgIpc) is 2.87. The summed E-state index contributed by atoms with van der Waals surface area (Å²) >= 11 is 0. The molecule has 0 saturated carbocycles. The molecule has 1 heterocycles. The Hall–Kier alpha value is -1.90. The summed E-state index contributed by atoms with van der Waals surface area (Å²) < 4.78 is 81.5. The van der Waals surface area contributed by atoms with Gasteiger partial charge in [-0.15, -0.1) is 0 Å². The quantitative estimate of drug-likeness (QED) is 0.602. The Labute approximate surface area is 140 Å². The molecule has 1 aliphatic heterocycles. The lowest BCUT2D eigenvalue weighted by molar-refractivity contribution is -0.224. The number of halogens is 5. The predicted octanol–water partition coefficient (Wildman–Crippen LogP) is 3.59. The Bertz CT molecular complexity index is 646. The van der Waals surface area contributed by atoms with Crippen LogP contribution in [0.4, 0.5) is 22.0 Å². The largest absolute Gasteiger partial charge is 0.493 e. The third-order valence-corrected chi connectivity index (χ3v) is 4.15. The molecular weight excluding hydrogens is 351 g/mol. The summed E-state index contributed by atoms with van der Waals surface area (Å²) in [5, 5.41) is 0. The normalized spacial score (nSPS) is 26.6. The number of ether oxygens (including phenoxy) is 3. The molecule has 1 aromatic rings. The van der Waals surface area contributed by atoms with E-state index in [0.29, 0.717) is 0 Å². The van der Waals surface area contributed by atoms with Crippen LogP contribution in [0, 0.1) is 17.6 Å². The second kappa shape index (κ2) is 7.15. The van der Waals surface area contributed by atoms with Gasteiger partial charge in [0.1, 0.15) is 0 Å². The third-order valence-electron chi connectivity index (χ3n) is 4.15. The molecule has 1 saturated heterocycles. The van der Waals surface area contributed by atoms with E-state index in [-0.39, 0.29) is 12.2 Å². The Kier molecular flexibility index (Phi) is 5.55. The smallest absolute Gasteiger partial charge is 0.414 e. The van der Waals surface area contributed by atoms with Crippen molar-refractivity contribution in [2.24, 2.45) is 5.92 Å². The van der Waals surface area contributed by atoms with Gasteiger partial charge in [-0.05, 0) is 13.0 Å². The maximum atomic E-state index is 14.0. The number of benzene rings is 1. The number of rotatable bonds is 4. The van der Waals surface area contributed by atoms with Crippen molar-refractivity contribution in [3.63, 3.8) is 0 Å². The topological polar surface area (TPSA) is 44.8 Å². The minimum Gasteiger partial charge on any atom is -0.493 e. The van der Waals surface area contributed by atoms with Gasteiger partial charge in [0.15, 0.2) is 23.8 Å². The van der Waals surface area contributed by atoms with Crippen molar-refractivity contribution in [2.75, 3.05) is 13.7 Å². The van der Waals surface area contributed by atoms with E-state index in [0.717, 1.165) is 19.2 Å². The van der Waals surface area contributed by atoms with E-state index in [1.165, 1.54) is 13.8 Å². The Morgan fingerprint density at radius 2 is 1.92 bits per heavy atom. The second-order valence-corrected chi connectivity index (χ2v) is 5.64. The molecule has 0 spiro atoms. The minimum absolute atomic E-state index is 0.0641. The zero-order valence-electron chi connectivity index (χ0n) is 13.7. The van der Waals surface area contributed by atoms with Gasteiger partial charge >= 0.3 is 12.1 Å². The van der Waals surface area contributed by atoms with Crippen LogP contribution < -0.4 is 4.74 Å². The molecule has 1 fully saturated rings. The molecule has 0 radical (unpaired) electrons. The van der Waals surface area contributed by atoms with Gasteiger partial charge in [0, 0.05) is 17.4 Å². The molecule has 25 heavy (non-hydrogen) atoms. The van der Waals surface area contributed by atoms with Gasteiger partial charge in [-0.25, -0.2) is 9.18 Å². The number of esters is 1. The van der Waals surface area contributed by atoms with Crippen LogP contribution in [0.15, 0.2) is 12.1 Å². The van der Waals surface area contributed by atoms with Crippen LogP contribution in [0.25, 0.3) is 0 Å². The first-order valence-electron chi connectivity index (χ1n) is 7.54. The maximum Gasteiger partial charge on any atom is 0.414 e. The molecule has 0 aromatic heterocycles. The van der Waals surface area contributed by atoms with Gasteiger partial charge in [0.05, 0.1) is 13.7 Å². The van der Waals surface area contributed by atoms with Crippen molar-refractivity contribution >= 4 is 5.97 Å². The number of methoxy groups -OCH3 is 1. The highest BCUT2D eigenvalue weighted by atomic mass is 19.4. The first-order chi connectivity index (χ1) is 11.6. The summed E-state index contributed by atoms with van der Waals surface area (Å²) in [7, 11) is 1.06. The summed E-state index contributed by atoms with van der Waals surface area (Å²) in [5.41, 5.74) is -0.0845. The average molecular weight is 368 g/mol. The molecule has 0 aliphatic carbocycles. The van der Waals surface area contributed by atoms with Crippen LogP contribution in [-0.2, 0) is 14.3 Å². The lowest BCUT2D eigenvalue weighted by Gasteiger charge is -2.23. The molecule has 0 amide bonds. The van der Waals surface area contributed by atoms with Crippen LogP contribution in [0.3, 0.4) is 0 Å². The lowest BCUT2D eigenvalue weighted by atomic mass is 9.82. The van der Waals surface area contributed by atoms with Gasteiger partial charge in [0.2, 0.25) is 5.82 Å². The van der Waals surface area contributed by atoms with Crippen molar-refractivity contribution in [1.82, 2.24) is 0 Å². The van der Waals surface area contributed by atoms with Gasteiger partial charge in [-0.3, -0.25) is 0 Å². The van der Waals surface area contributed by atoms with Crippen molar-refractivity contribution in [1.29, 1.82) is 0 Å². The van der Waals surface area contributed by atoms with Crippen LogP contribution >= 0.6 is 0 Å². The molecule has 140 valence electrons. The van der Waals surface area contributed by atoms with Crippen molar-refractivity contribution in [3.05, 3.63) is 29.3 Å². The Morgan fingerprint density at radius 3 is 2.44 bits per heavy atom. The highest BCUT2D eigenvalue weighted by molar-refractivity contribution is 5.77. The molecule has 1 unspecified atom stereocenters. The highest BCUT2D eigenvalue weighted by Gasteiger charge is 2.57. The summed E-state index contributed by atoms with van der Waals surface area (Å²) in [6.45, 7) is 2.65. The van der Waals surface area contributed by atoms with E-state index in [9.17, 15) is 26.7 Å². The molecule has 0 N–H and O–H groups in total. The van der Waals surface area contributed by atoms with E-state index in [4.69, 9.17) is 14.2 Å². The zero-order chi connectivity index (χ0) is 18.9. The predicted molar refractivity (Wildman–Crippen MR) is 76.2 cm³/mol. The Balaban J connectivity index is 2.54. The fourth-order valence-corrected chi connectivity index (χ4v) is 3.10. The van der Waals surface area contributed by atoms with Crippen LogP contribution in [-0.4, -0.2) is 38.1 Å². The standard InChI is InChI=1S/C16H17F5O4/c1-4-24-15(22)13-10(7(2)14(25-13)16(19,20)21)8-5-6-9(17)11(18)12(8)23-3/h5-7,10,13-14H,4H2,1-3H3/t7-,10-,13?,14+/m0/s1. The highest BCUT2D eigenvalue weighted by Crippen LogP contribution is 2.48. The molecule has 9 heteroatoms. The van der Waals surface area contributed by atoms with Crippen molar-refractivity contribution in [3.8, 4) is 5.75 Å². The Morgan fingerprint density at radius 1 is 1.28 bits per heavy atom. The van der Waals surface area contributed by atoms with Gasteiger partial charge < -0.3 is 14.2 Å². The monoisotopic (exact) mass is 368 g/mol. The number of carbonyl (C=O) groups is 1. The van der Waals surface area contributed by atoms with Crippen LogP contribution in [0.5, 0.6) is 5.75 Å². The summed E-state index contributed by atoms with van der Waals surface area (Å²) in [4.78, 5) is 12.1. The van der Waals surface area contributed by atoms with Crippen molar-refractivity contribution in [2.45, 2.75) is 38.1 Å². The van der Waals surface area contributed by atoms with E-state index >= 15 is 0 Å². The molecule has 0 bridgehead atoms. The van der Waals surface area contributed by atoms with Gasteiger partial charge in [-0.2, -0.15) is 17.6 Å². The third kappa shape index (κ3) is 3.56. The van der Waals surface area contributed by atoms with E-state index in [2.05, 4.69) is 0 Å². The number of carbonyl (C=O) groups excluding carboxylic acids is 1. The van der Waals surface area contributed by atoms with Crippen LogP contribution in [0.1, 0.15) is 25.3 Å². The maximum absolute atomic E-state index is 14.0. The molecular formula is C16H17F5O4. The molecule has 4 nitrogen and oxygen atoms in total. The lowest BCUT2D eigenvalue weighted by Crippen LogP contribution is -2.34. The van der Waals surface area contributed by atoms with Crippen molar-refractivity contribution < 1.29 is 41.0 Å². The molecule has 2 rings (SSSR count). The molecule has 4 atom stereocenters. The fraction of sp³-hybridized carbons (Fsp3) is 0.562. The van der Waals surface area contributed by atoms with E-state index in [1.54, 1.807) is 0 Å².